The number of benzene rings is 2. The van der Waals surface area contributed by atoms with E-state index in [9.17, 15) is 19.7 Å². The second kappa shape index (κ2) is 7.29. The number of carbonyl (C=O) groups is 2. The van der Waals surface area contributed by atoms with Crippen LogP contribution >= 0.6 is 12.2 Å². The molecule has 0 radical (unpaired) electrons. The molecule has 2 rings (SSSR count). The minimum atomic E-state index is -1.06. The number of aromatic carboxylic acids is 1. The largest absolute Gasteiger partial charge is 0.478 e. The molecule has 0 aliphatic carbocycles. The Bertz CT molecular complexity index is 820. The van der Waals surface area contributed by atoms with Crippen molar-refractivity contribution in [1.29, 1.82) is 0 Å². The Morgan fingerprint density at radius 2 is 1.71 bits per heavy atom. The Kier molecular flexibility index (Phi) is 5.17. The monoisotopic (exact) mass is 345 g/mol. The fourth-order valence-electron chi connectivity index (χ4n) is 1.85. The van der Waals surface area contributed by atoms with Gasteiger partial charge in [-0.15, -0.1) is 0 Å². The summed E-state index contributed by atoms with van der Waals surface area (Å²) in [5.41, 5.74) is 0.125. The molecule has 0 saturated heterocycles. The quantitative estimate of drug-likeness (QED) is 0.442. The number of nitro groups is 1. The number of rotatable bonds is 4. The number of hydrogen-bond acceptors (Lipinski definition) is 5. The van der Waals surface area contributed by atoms with Gasteiger partial charge in [0, 0.05) is 11.8 Å². The highest BCUT2D eigenvalue weighted by Crippen LogP contribution is 2.17. The normalized spacial score (nSPS) is 9.83. The number of nitrogens with zero attached hydrogens (tertiary/aromatic N) is 1. The van der Waals surface area contributed by atoms with Gasteiger partial charge in [0.05, 0.1) is 10.5 Å². The van der Waals surface area contributed by atoms with E-state index in [1.165, 1.54) is 48.5 Å². The van der Waals surface area contributed by atoms with Crippen molar-refractivity contribution in [3.05, 3.63) is 69.8 Å². The van der Waals surface area contributed by atoms with Crippen molar-refractivity contribution < 1.29 is 19.6 Å². The number of thiocarbonyl (C=S) groups is 1. The van der Waals surface area contributed by atoms with Gasteiger partial charge in [-0.2, -0.15) is 0 Å². The lowest BCUT2D eigenvalue weighted by Gasteiger charge is -2.10. The Labute approximate surface area is 141 Å². The molecule has 2 aromatic rings. The van der Waals surface area contributed by atoms with Crippen LogP contribution in [0.2, 0.25) is 0 Å². The van der Waals surface area contributed by atoms with Crippen LogP contribution in [0.1, 0.15) is 20.7 Å². The molecule has 0 atom stereocenters. The lowest BCUT2D eigenvalue weighted by Crippen LogP contribution is -2.34. The van der Waals surface area contributed by atoms with Crippen LogP contribution in [0.4, 0.5) is 11.4 Å². The van der Waals surface area contributed by atoms with E-state index in [1.807, 2.05) is 0 Å². The molecular formula is C15H11N3O5S. The second-order valence-corrected chi connectivity index (χ2v) is 4.97. The molecule has 0 heterocycles. The van der Waals surface area contributed by atoms with Crippen molar-refractivity contribution in [2.75, 3.05) is 5.32 Å². The molecule has 0 spiro atoms. The zero-order valence-corrected chi connectivity index (χ0v) is 12.9. The maximum atomic E-state index is 12.1. The molecule has 0 aliphatic heterocycles. The topological polar surface area (TPSA) is 122 Å². The maximum Gasteiger partial charge on any atom is 0.335 e. The van der Waals surface area contributed by atoms with Crippen LogP contribution in [-0.4, -0.2) is 27.0 Å². The summed E-state index contributed by atoms with van der Waals surface area (Å²) in [5, 5.41) is 24.7. The average Bonchev–Trinajstić information content (AvgIpc) is 2.55. The summed E-state index contributed by atoms with van der Waals surface area (Å²) in [5.74, 6) is -1.78. The van der Waals surface area contributed by atoms with Crippen LogP contribution in [0.3, 0.4) is 0 Å². The third kappa shape index (κ3) is 4.11. The molecule has 0 bridgehead atoms. The third-order valence-electron chi connectivity index (χ3n) is 2.96. The van der Waals surface area contributed by atoms with Crippen molar-refractivity contribution in [2.24, 2.45) is 0 Å². The molecule has 0 aliphatic rings. The van der Waals surface area contributed by atoms with E-state index < -0.39 is 16.8 Å². The summed E-state index contributed by atoms with van der Waals surface area (Å²) in [7, 11) is 0. The van der Waals surface area contributed by atoms with Gasteiger partial charge in [-0.3, -0.25) is 20.2 Å². The number of carbonyl (C=O) groups excluding carboxylic acids is 1. The molecule has 0 saturated carbocycles. The van der Waals surface area contributed by atoms with Crippen molar-refractivity contribution in [3.63, 3.8) is 0 Å². The van der Waals surface area contributed by atoms with E-state index in [2.05, 4.69) is 10.6 Å². The number of nitro benzene ring substituents is 1. The smallest absolute Gasteiger partial charge is 0.335 e. The fraction of sp³-hybridized carbons (Fsp3) is 0. The molecule has 2 aromatic carbocycles. The van der Waals surface area contributed by atoms with Crippen molar-refractivity contribution >= 4 is 40.6 Å². The summed E-state index contributed by atoms with van der Waals surface area (Å²) in [6.07, 6.45) is 0. The molecule has 9 heteroatoms. The Balaban J connectivity index is 2.06. The number of amides is 1. The number of carboxylic acid groups (broad SMARTS) is 1. The number of para-hydroxylation sites is 1. The summed E-state index contributed by atoms with van der Waals surface area (Å²) < 4.78 is 0. The molecule has 1 amide bonds. The Hall–Kier alpha value is -3.33. The van der Waals surface area contributed by atoms with Gasteiger partial charge in [0.1, 0.15) is 5.56 Å². The van der Waals surface area contributed by atoms with Gasteiger partial charge in [0.2, 0.25) is 0 Å². The van der Waals surface area contributed by atoms with Gasteiger partial charge in [0.15, 0.2) is 5.11 Å². The van der Waals surface area contributed by atoms with Gasteiger partial charge in [0.25, 0.3) is 11.6 Å². The Morgan fingerprint density at radius 3 is 2.29 bits per heavy atom. The van der Waals surface area contributed by atoms with Crippen LogP contribution in [0.15, 0.2) is 48.5 Å². The minimum absolute atomic E-state index is 0.0683. The van der Waals surface area contributed by atoms with E-state index in [0.717, 1.165) is 0 Å². The van der Waals surface area contributed by atoms with E-state index in [0.29, 0.717) is 5.69 Å². The third-order valence-corrected chi connectivity index (χ3v) is 3.17. The number of anilines is 1. The lowest BCUT2D eigenvalue weighted by molar-refractivity contribution is -0.385. The van der Waals surface area contributed by atoms with Crippen LogP contribution < -0.4 is 10.6 Å². The van der Waals surface area contributed by atoms with E-state index in [4.69, 9.17) is 17.3 Å². The van der Waals surface area contributed by atoms with Crippen molar-refractivity contribution in [1.82, 2.24) is 5.32 Å². The number of carboxylic acids is 1. The van der Waals surface area contributed by atoms with Gasteiger partial charge < -0.3 is 10.4 Å². The first-order valence-corrected chi connectivity index (χ1v) is 6.98. The highest BCUT2D eigenvalue weighted by Gasteiger charge is 2.19. The SMILES string of the molecule is O=C(O)c1ccc(NC(=S)NC(=O)c2ccccc2[N+](=O)[O-])cc1. The maximum absolute atomic E-state index is 12.1. The average molecular weight is 345 g/mol. The summed E-state index contributed by atoms with van der Waals surface area (Å²) in [4.78, 5) is 33.1. The molecule has 24 heavy (non-hydrogen) atoms. The summed E-state index contributed by atoms with van der Waals surface area (Å²) >= 11 is 4.98. The predicted octanol–water partition coefficient (Wildman–Crippen LogP) is 2.42. The van der Waals surface area contributed by atoms with Crippen LogP contribution in [0.5, 0.6) is 0 Å². The Morgan fingerprint density at radius 1 is 1.08 bits per heavy atom. The van der Waals surface area contributed by atoms with E-state index >= 15 is 0 Å². The summed E-state index contributed by atoms with van der Waals surface area (Å²) in [6, 6.07) is 11.2. The first-order chi connectivity index (χ1) is 11.4. The number of hydrogen-bond donors (Lipinski definition) is 3. The van der Waals surface area contributed by atoms with Crippen LogP contribution in [-0.2, 0) is 0 Å². The summed E-state index contributed by atoms with van der Waals surface area (Å²) in [6.45, 7) is 0. The van der Waals surface area contributed by atoms with E-state index in [1.54, 1.807) is 0 Å². The first-order valence-electron chi connectivity index (χ1n) is 6.57. The molecule has 3 N–H and O–H groups in total. The lowest BCUT2D eigenvalue weighted by atomic mass is 10.1. The second-order valence-electron chi connectivity index (χ2n) is 4.57. The number of nitrogens with one attached hydrogen (secondary N) is 2. The minimum Gasteiger partial charge on any atom is -0.478 e. The standard InChI is InChI=1S/C15H11N3O5S/c19-13(11-3-1-2-4-12(11)18(22)23)17-15(24)16-10-7-5-9(6-8-10)14(20)21/h1-8H,(H,20,21)(H2,16,17,19,24). The van der Waals surface area contributed by atoms with Crippen LogP contribution in [0, 0.1) is 10.1 Å². The highest BCUT2D eigenvalue weighted by molar-refractivity contribution is 7.80. The zero-order valence-electron chi connectivity index (χ0n) is 12.1. The molecule has 0 aromatic heterocycles. The molecular weight excluding hydrogens is 334 g/mol. The molecule has 0 unspecified atom stereocenters. The molecule has 0 fully saturated rings. The van der Waals surface area contributed by atoms with Gasteiger partial charge >= 0.3 is 5.97 Å². The predicted molar refractivity (Wildman–Crippen MR) is 90.2 cm³/mol. The molecule has 122 valence electrons. The zero-order chi connectivity index (χ0) is 17.7. The van der Waals surface area contributed by atoms with Gasteiger partial charge in [-0.1, -0.05) is 12.1 Å². The fourth-order valence-corrected chi connectivity index (χ4v) is 2.06. The van der Waals surface area contributed by atoms with E-state index in [-0.39, 0.29) is 21.9 Å². The van der Waals surface area contributed by atoms with Crippen molar-refractivity contribution in [3.8, 4) is 0 Å². The van der Waals surface area contributed by atoms with Gasteiger partial charge in [-0.25, -0.2) is 4.79 Å². The van der Waals surface area contributed by atoms with Crippen molar-refractivity contribution in [2.45, 2.75) is 0 Å². The molecule has 8 nitrogen and oxygen atoms in total. The van der Waals surface area contributed by atoms with Crippen LogP contribution in [0.25, 0.3) is 0 Å². The van der Waals surface area contributed by atoms with Gasteiger partial charge in [-0.05, 0) is 42.5 Å². The highest BCUT2D eigenvalue weighted by atomic mass is 32.1. The first kappa shape index (κ1) is 17.0.